The standard InChI is InChI=1S/C13H25N3O/c1-6-14-9-12-10-16(15-11(12)2)8-7-13(3,4)17-5/h10,14H,6-9H2,1-5H3. The molecule has 4 nitrogen and oxygen atoms in total. The van der Waals surface area contributed by atoms with Gasteiger partial charge in [0, 0.05) is 32.0 Å². The van der Waals surface area contributed by atoms with Gasteiger partial charge in [0.15, 0.2) is 0 Å². The van der Waals surface area contributed by atoms with Crippen molar-refractivity contribution in [3.05, 3.63) is 17.5 Å². The minimum atomic E-state index is -0.0817. The van der Waals surface area contributed by atoms with Crippen molar-refractivity contribution in [1.29, 1.82) is 0 Å². The van der Waals surface area contributed by atoms with Crippen molar-refractivity contribution >= 4 is 0 Å². The molecule has 1 aromatic rings. The molecule has 0 radical (unpaired) electrons. The van der Waals surface area contributed by atoms with Gasteiger partial charge in [-0.05, 0) is 33.7 Å². The lowest BCUT2D eigenvalue weighted by Gasteiger charge is -2.22. The van der Waals surface area contributed by atoms with Crippen LogP contribution in [0, 0.1) is 6.92 Å². The summed E-state index contributed by atoms with van der Waals surface area (Å²) in [5.41, 5.74) is 2.31. The van der Waals surface area contributed by atoms with E-state index in [-0.39, 0.29) is 5.60 Å². The van der Waals surface area contributed by atoms with E-state index in [1.165, 1.54) is 5.56 Å². The molecular weight excluding hydrogens is 214 g/mol. The van der Waals surface area contributed by atoms with Crippen molar-refractivity contribution in [3.8, 4) is 0 Å². The fraction of sp³-hybridized carbons (Fsp3) is 0.769. The van der Waals surface area contributed by atoms with Crippen molar-refractivity contribution in [3.63, 3.8) is 0 Å². The van der Waals surface area contributed by atoms with Gasteiger partial charge in [0.2, 0.25) is 0 Å². The maximum absolute atomic E-state index is 5.41. The molecule has 1 heterocycles. The van der Waals surface area contributed by atoms with Crippen LogP contribution in [-0.2, 0) is 17.8 Å². The van der Waals surface area contributed by atoms with Crippen LogP contribution in [0.3, 0.4) is 0 Å². The number of ether oxygens (including phenoxy) is 1. The molecule has 0 saturated carbocycles. The van der Waals surface area contributed by atoms with Crippen LogP contribution in [0.4, 0.5) is 0 Å². The van der Waals surface area contributed by atoms with Gasteiger partial charge >= 0.3 is 0 Å². The van der Waals surface area contributed by atoms with Gasteiger partial charge in [-0.15, -0.1) is 0 Å². The molecule has 0 aromatic carbocycles. The summed E-state index contributed by atoms with van der Waals surface area (Å²) in [4.78, 5) is 0. The van der Waals surface area contributed by atoms with Gasteiger partial charge in [-0.3, -0.25) is 4.68 Å². The van der Waals surface area contributed by atoms with E-state index >= 15 is 0 Å². The predicted molar refractivity (Wildman–Crippen MR) is 70.0 cm³/mol. The molecule has 1 N–H and O–H groups in total. The van der Waals surface area contributed by atoms with Crippen LogP contribution in [-0.4, -0.2) is 29.0 Å². The molecule has 98 valence electrons. The van der Waals surface area contributed by atoms with E-state index in [4.69, 9.17) is 4.74 Å². The SMILES string of the molecule is CCNCc1cn(CCC(C)(C)OC)nc1C. The quantitative estimate of drug-likeness (QED) is 0.792. The number of methoxy groups -OCH3 is 1. The third kappa shape index (κ3) is 4.48. The van der Waals surface area contributed by atoms with Gasteiger partial charge in [0.1, 0.15) is 0 Å². The molecule has 0 atom stereocenters. The van der Waals surface area contributed by atoms with Crippen molar-refractivity contribution < 1.29 is 4.74 Å². The van der Waals surface area contributed by atoms with E-state index < -0.39 is 0 Å². The number of nitrogens with one attached hydrogen (secondary N) is 1. The first-order chi connectivity index (χ1) is 7.98. The average Bonchev–Trinajstić information content (AvgIpc) is 2.65. The van der Waals surface area contributed by atoms with Gasteiger partial charge in [-0.1, -0.05) is 6.92 Å². The van der Waals surface area contributed by atoms with E-state index in [0.717, 1.165) is 31.7 Å². The summed E-state index contributed by atoms with van der Waals surface area (Å²) >= 11 is 0. The lowest BCUT2D eigenvalue weighted by Crippen LogP contribution is -2.24. The summed E-state index contributed by atoms with van der Waals surface area (Å²) in [5, 5.41) is 7.85. The summed E-state index contributed by atoms with van der Waals surface area (Å²) in [6, 6.07) is 0. The molecule has 0 spiro atoms. The number of rotatable bonds is 7. The Morgan fingerprint density at radius 2 is 2.18 bits per heavy atom. The zero-order chi connectivity index (χ0) is 12.9. The van der Waals surface area contributed by atoms with Crippen LogP contribution in [0.1, 0.15) is 38.4 Å². The van der Waals surface area contributed by atoms with Crippen LogP contribution < -0.4 is 5.32 Å². The highest BCUT2D eigenvalue weighted by molar-refractivity contribution is 5.14. The molecule has 1 rings (SSSR count). The molecule has 0 fully saturated rings. The minimum Gasteiger partial charge on any atom is -0.379 e. The Balaban J connectivity index is 2.55. The van der Waals surface area contributed by atoms with Crippen molar-refractivity contribution in [2.75, 3.05) is 13.7 Å². The van der Waals surface area contributed by atoms with Crippen LogP contribution in [0.25, 0.3) is 0 Å². The highest BCUT2D eigenvalue weighted by Crippen LogP contribution is 2.14. The maximum Gasteiger partial charge on any atom is 0.0640 e. The number of nitrogens with zero attached hydrogens (tertiary/aromatic N) is 2. The Hall–Kier alpha value is -0.870. The van der Waals surface area contributed by atoms with E-state index in [0.29, 0.717) is 0 Å². The normalized spacial score (nSPS) is 12.1. The second-order valence-electron chi connectivity index (χ2n) is 5.00. The lowest BCUT2D eigenvalue weighted by molar-refractivity contribution is 0.0113. The third-order valence-corrected chi connectivity index (χ3v) is 3.11. The van der Waals surface area contributed by atoms with Crippen molar-refractivity contribution in [2.45, 2.75) is 52.8 Å². The van der Waals surface area contributed by atoms with E-state index in [9.17, 15) is 0 Å². The molecule has 17 heavy (non-hydrogen) atoms. The molecule has 0 bridgehead atoms. The zero-order valence-corrected chi connectivity index (χ0v) is 11.7. The highest BCUT2D eigenvalue weighted by Gasteiger charge is 2.16. The molecule has 0 aliphatic heterocycles. The predicted octanol–water partition coefficient (Wildman–Crippen LogP) is 2.12. The van der Waals surface area contributed by atoms with Crippen molar-refractivity contribution in [2.24, 2.45) is 0 Å². The summed E-state index contributed by atoms with van der Waals surface area (Å²) in [7, 11) is 1.75. The molecule has 0 aliphatic rings. The third-order valence-electron chi connectivity index (χ3n) is 3.11. The van der Waals surface area contributed by atoms with Crippen LogP contribution >= 0.6 is 0 Å². The number of aromatic nitrogens is 2. The highest BCUT2D eigenvalue weighted by atomic mass is 16.5. The topological polar surface area (TPSA) is 39.1 Å². The minimum absolute atomic E-state index is 0.0817. The summed E-state index contributed by atoms with van der Waals surface area (Å²) < 4.78 is 7.42. The van der Waals surface area contributed by atoms with E-state index in [1.807, 2.05) is 4.68 Å². The fourth-order valence-corrected chi connectivity index (χ4v) is 1.59. The Morgan fingerprint density at radius 3 is 2.76 bits per heavy atom. The summed E-state index contributed by atoms with van der Waals surface area (Å²) in [6.45, 7) is 11.2. The lowest BCUT2D eigenvalue weighted by atomic mass is 10.1. The van der Waals surface area contributed by atoms with Crippen LogP contribution in [0.15, 0.2) is 6.20 Å². The summed E-state index contributed by atoms with van der Waals surface area (Å²) in [6.07, 6.45) is 3.09. The Morgan fingerprint density at radius 1 is 1.47 bits per heavy atom. The largest absolute Gasteiger partial charge is 0.379 e. The number of hydrogen-bond acceptors (Lipinski definition) is 3. The zero-order valence-electron chi connectivity index (χ0n) is 11.7. The molecule has 4 heteroatoms. The molecular formula is C13H25N3O. The molecule has 0 amide bonds. The average molecular weight is 239 g/mol. The van der Waals surface area contributed by atoms with Gasteiger partial charge < -0.3 is 10.1 Å². The maximum atomic E-state index is 5.41. The van der Waals surface area contributed by atoms with E-state index in [1.54, 1.807) is 7.11 Å². The monoisotopic (exact) mass is 239 g/mol. The fourth-order valence-electron chi connectivity index (χ4n) is 1.59. The molecule has 0 saturated heterocycles. The van der Waals surface area contributed by atoms with E-state index in [2.05, 4.69) is 44.3 Å². The first-order valence-corrected chi connectivity index (χ1v) is 6.27. The summed E-state index contributed by atoms with van der Waals surface area (Å²) in [5.74, 6) is 0. The van der Waals surface area contributed by atoms with Crippen molar-refractivity contribution in [1.82, 2.24) is 15.1 Å². The van der Waals surface area contributed by atoms with Gasteiger partial charge in [0.25, 0.3) is 0 Å². The van der Waals surface area contributed by atoms with Gasteiger partial charge in [-0.25, -0.2) is 0 Å². The van der Waals surface area contributed by atoms with Crippen LogP contribution in [0.2, 0.25) is 0 Å². The van der Waals surface area contributed by atoms with Gasteiger partial charge in [0.05, 0.1) is 11.3 Å². The Labute approximate surface area is 104 Å². The van der Waals surface area contributed by atoms with Gasteiger partial charge in [-0.2, -0.15) is 5.10 Å². The Bertz CT molecular complexity index is 344. The second-order valence-corrected chi connectivity index (χ2v) is 5.00. The smallest absolute Gasteiger partial charge is 0.0640 e. The van der Waals surface area contributed by atoms with Crippen LogP contribution in [0.5, 0.6) is 0 Å². The molecule has 1 aromatic heterocycles. The first kappa shape index (κ1) is 14.2. The Kier molecular flexibility index (Phi) is 5.15. The number of aryl methyl sites for hydroxylation is 2. The molecule has 0 aliphatic carbocycles. The first-order valence-electron chi connectivity index (χ1n) is 6.27. The number of hydrogen-bond donors (Lipinski definition) is 1. The second kappa shape index (κ2) is 6.17. The molecule has 0 unspecified atom stereocenters.